The van der Waals surface area contributed by atoms with Gasteiger partial charge in [0.25, 0.3) is 0 Å². The number of ether oxygens (including phenoxy) is 1. The van der Waals surface area contributed by atoms with Crippen molar-refractivity contribution in [3.8, 4) is 0 Å². The summed E-state index contributed by atoms with van der Waals surface area (Å²) in [6.45, 7) is 4.72. The largest absolute Gasteiger partial charge is 0.691 e. The molecule has 176 valence electrons. The Kier molecular flexibility index (Phi) is 5.96. The minimum atomic E-state index is -10.7. The minimum absolute atomic E-state index is 0.380. The molecule has 3 heterocycles. The first kappa shape index (κ1) is 23.6. The Labute approximate surface area is 176 Å². The molecule has 2 aromatic rings. The average Bonchev–Trinajstić information content (AvgIpc) is 3.26. The first-order valence-corrected chi connectivity index (χ1v) is 11.6. The molecule has 0 spiro atoms. The third-order valence-corrected chi connectivity index (χ3v) is 4.57. The zero-order valence-electron chi connectivity index (χ0n) is 15.9. The molecule has 2 fully saturated rings. The molecule has 2 saturated heterocycles. The van der Waals surface area contributed by atoms with Crippen molar-refractivity contribution in [2.24, 2.45) is 0 Å². The van der Waals surface area contributed by atoms with E-state index >= 15 is 0 Å². The van der Waals surface area contributed by atoms with Crippen molar-refractivity contribution in [1.29, 1.82) is 0 Å². The third-order valence-electron chi connectivity index (χ3n) is 4.34. The van der Waals surface area contributed by atoms with Crippen molar-refractivity contribution < 1.29 is 44.2 Å². The Morgan fingerprint density at radius 1 is 1.10 bits per heavy atom. The Hall–Kier alpha value is -2.05. The topological polar surface area (TPSA) is 69.5 Å². The number of nitrogens with zero attached hydrogens (tertiary/aromatic N) is 5. The van der Waals surface area contributed by atoms with Gasteiger partial charge in [0.15, 0.2) is 0 Å². The van der Waals surface area contributed by atoms with E-state index in [0.29, 0.717) is 34.1 Å². The van der Waals surface area contributed by atoms with Crippen molar-refractivity contribution in [2.45, 2.75) is 12.8 Å². The van der Waals surface area contributed by atoms with E-state index in [9.17, 15) is 30.4 Å². The number of halogens is 7. The molecular formula is C15H19ClF6N5O3P. The van der Waals surface area contributed by atoms with E-state index in [2.05, 4.69) is 14.7 Å². The smallest absolute Gasteiger partial charge is 0.492 e. The molecule has 0 unspecified atom stereocenters. The predicted molar refractivity (Wildman–Crippen MR) is 100 cm³/mol. The first-order valence-electron chi connectivity index (χ1n) is 9.15. The molecule has 0 N–H and O–H groups in total. The van der Waals surface area contributed by atoms with Crippen LogP contribution in [0.1, 0.15) is 12.8 Å². The molecule has 2 aliphatic rings. The van der Waals surface area contributed by atoms with Crippen LogP contribution in [-0.2, 0) is 4.74 Å². The fourth-order valence-electron chi connectivity index (χ4n) is 3.10. The molecular weight excluding hydrogens is 479 g/mol. The molecule has 0 bridgehead atoms. The van der Waals surface area contributed by atoms with E-state index in [1.807, 2.05) is 0 Å². The summed E-state index contributed by atoms with van der Waals surface area (Å²) in [6.07, 6.45) is 2.27. The number of benzene rings is 1. The van der Waals surface area contributed by atoms with Gasteiger partial charge in [-0.05, 0) is 25.0 Å². The number of rotatable bonds is 1. The monoisotopic (exact) mass is 497 g/mol. The van der Waals surface area contributed by atoms with Gasteiger partial charge >= 0.3 is 39.0 Å². The van der Waals surface area contributed by atoms with E-state index in [0.717, 1.165) is 45.0 Å². The van der Waals surface area contributed by atoms with Crippen molar-refractivity contribution in [3.63, 3.8) is 0 Å². The zero-order chi connectivity index (χ0) is 22.9. The number of fused-ring (bicyclic) bond motifs is 1. The molecule has 0 amide bonds. The minimum Gasteiger partial charge on any atom is -0.691 e. The summed E-state index contributed by atoms with van der Waals surface area (Å²) in [4.78, 5) is 10.0. The van der Waals surface area contributed by atoms with E-state index in [-0.39, 0.29) is 0 Å². The van der Waals surface area contributed by atoms with Crippen LogP contribution in [-0.4, -0.2) is 64.9 Å². The molecule has 16 heteroatoms. The fourth-order valence-corrected chi connectivity index (χ4v) is 3.27. The number of hydrogen-bond donors (Lipinski definition) is 0. The van der Waals surface area contributed by atoms with Crippen LogP contribution in [0.25, 0.3) is 11.0 Å². The van der Waals surface area contributed by atoms with E-state index in [1.165, 1.54) is 4.85 Å². The van der Waals surface area contributed by atoms with Gasteiger partial charge in [0.2, 0.25) is 11.0 Å². The number of morpholine rings is 1. The van der Waals surface area contributed by atoms with Crippen LogP contribution in [0.3, 0.4) is 0 Å². The van der Waals surface area contributed by atoms with Crippen LogP contribution in [0, 0.1) is 5.21 Å². The van der Waals surface area contributed by atoms with Gasteiger partial charge in [-0.3, -0.25) is 0 Å². The van der Waals surface area contributed by atoms with Crippen molar-refractivity contribution >= 4 is 36.5 Å². The van der Waals surface area contributed by atoms with Gasteiger partial charge in [0.1, 0.15) is 18.3 Å². The maximum absolute atomic E-state index is 12.0. The molecule has 0 radical (unpaired) electrons. The molecule has 8 nitrogen and oxygen atoms in total. The van der Waals surface area contributed by atoms with Crippen LogP contribution in [0.2, 0.25) is 5.02 Å². The normalized spacial score (nSPS) is 19.5. The van der Waals surface area contributed by atoms with Gasteiger partial charge in [0, 0.05) is 11.1 Å². The van der Waals surface area contributed by atoms with E-state index < -0.39 is 7.81 Å². The maximum Gasteiger partial charge on any atom is 0.492 e. The van der Waals surface area contributed by atoms with Crippen molar-refractivity contribution in [2.75, 3.05) is 39.4 Å². The predicted octanol–water partition coefficient (Wildman–Crippen LogP) is 3.63. The summed E-state index contributed by atoms with van der Waals surface area (Å²) in [7, 11) is -10.7. The first-order chi connectivity index (χ1) is 14.2. The molecule has 31 heavy (non-hydrogen) atoms. The molecule has 1 aromatic heterocycles. The molecule has 4 rings (SSSR count). The van der Waals surface area contributed by atoms with Gasteiger partial charge in [0.05, 0.1) is 31.1 Å². The van der Waals surface area contributed by atoms with Crippen LogP contribution in [0.15, 0.2) is 18.2 Å². The Bertz CT molecular complexity index is 975. The van der Waals surface area contributed by atoms with Crippen LogP contribution >= 0.6 is 19.4 Å². The fraction of sp³-hybridized carbons (Fsp3) is 0.533. The third kappa shape index (κ3) is 7.54. The molecule has 2 aliphatic heterocycles. The summed E-state index contributed by atoms with van der Waals surface area (Å²) in [5, 5.41) is 16.4. The molecule has 1 aromatic carbocycles. The standard InChI is InChI=1S/C15H19ClN5O3.F6P/c16-12-3-4-13-14(11-12)20(22)17-21(13)24-15(18-5-1-2-6-18)19-7-9-23-10-8-19;1-7(2,3,4,5)6/h3-4,11H,1-2,5-10H2;/q+1;-1. The summed E-state index contributed by atoms with van der Waals surface area (Å²) in [6, 6.07) is 5.77. The quantitative estimate of drug-likeness (QED) is 0.198. The summed E-state index contributed by atoms with van der Waals surface area (Å²) >= 11 is 5.97. The second-order valence-corrected chi connectivity index (χ2v) is 9.25. The van der Waals surface area contributed by atoms with Gasteiger partial charge in [-0.25, -0.2) is 9.48 Å². The second kappa shape index (κ2) is 7.82. The van der Waals surface area contributed by atoms with Gasteiger partial charge < -0.3 is 9.94 Å². The van der Waals surface area contributed by atoms with Crippen LogP contribution in [0.4, 0.5) is 25.2 Å². The van der Waals surface area contributed by atoms with E-state index in [4.69, 9.17) is 21.2 Å². The number of amidine groups is 1. The Balaban J connectivity index is 0.000000339. The second-order valence-electron chi connectivity index (χ2n) is 6.89. The van der Waals surface area contributed by atoms with E-state index in [1.54, 1.807) is 18.2 Å². The SMILES string of the molecule is F[P-](F)(F)(F)(F)F.[O-][n+]1nn(OC(N2CCOCC2)=[N+]2CCCC2)c2ccc(Cl)cc21. The summed E-state index contributed by atoms with van der Waals surface area (Å²) in [5.41, 5.74) is 0.963. The molecule has 0 saturated carbocycles. The van der Waals surface area contributed by atoms with Crippen molar-refractivity contribution in [1.82, 2.24) is 15.0 Å². The summed E-state index contributed by atoms with van der Waals surface area (Å²) < 4.78 is 66.8. The number of hydrogen-bond acceptors (Lipinski definition) is 4. The van der Waals surface area contributed by atoms with Gasteiger partial charge in [-0.2, -0.15) is 4.84 Å². The van der Waals surface area contributed by atoms with Gasteiger partial charge in [-0.1, -0.05) is 11.6 Å². The Morgan fingerprint density at radius 2 is 1.68 bits per heavy atom. The maximum atomic E-state index is 12.0. The Morgan fingerprint density at radius 3 is 2.26 bits per heavy atom. The molecule has 0 aliphatic carbocycles. The van der Waals surface area contributed by atoms with Crippen molar-refractivity contribution in [3.05, 3.63) is 28.4 Å². The zero-order valence-corrected chi connectivity index (χ0v) is 17.6. The van der Waals surface area contributed by atoms with Gasteiger partial charge in [-0.15, -0.1) is 4.85 Å². The van der Waals surface area contributed by atoms with Crippen LogP contribution < -0.4 is 9.68 Å². The molecule has 0 atom stereocenters. The summed E-state index contributed by atoms with van der Waals surface area (Å²) in [5.74, 6) is 0. The average molecular weight is 498 g/mol. The number of aromatic nitrogens is 3. The van der Waals surface area contributed by atoms with Crippen LogP contribution in [0.5, 0.6) is 0 Å².